The number of benzene rings is 1. The molecule has 21 heavy (non-hydrogen) atoms. The Morgan fingerprint density at radius 3 is 1.14 bits per heavy atom. The van der Waals surface area contributed by atoms with Crippen LogP contribution in [-0.4, -0.2) is 12.4 Å². The molecule has 0 amide bonds. The average molecular weight is 348 g/mol. The zero-order valence-electron chi connectivity index (χ0n) is 9.70. The first-order valence-corrected chi connectivity index (χ1v) is 4.81. The van der Waals surface area contributed by atoms with Crippen LogP contribution in [0.15, 0.2) is 24.3 Å². The van der Waals surface area contributed by atoms with Gasteiger partial charge in [-0.15, -0.1) is 12.4 Å². The van der Waals surface area contributed by atoms with Gasteiger partial charge >= 0.3 is 18.5 Å². The monoisotopic (exact) mass is 347 g/mol. The van der Waals surface area contributed by atoms with Gasteiger partial charge in [-0.25, -0.2) is 0 Å². The molecule has 1 rings (SSSR count). The number of hydrogen-bond acceptors (Lipinski definition) is 1. The molecular weight excluding hydrogens is 341 g/mol. The average Bonchev–Trinajstić information content (AvgIpc) is 2.24. The van der Waals surface area contributed by atoms with Crippen LogP contribution in [-0.2, 0) is 11.7 Å². The summed E-state index contributed by atoms with van der Waals surface area (Å²) < 4.78 is 112. The van der Waals surface area contributed by atoms with Gasteiger partial charge in [0.25, 0.3) is 0 Å². The van der Waals surface area contributed by atoms with Crippen molar-refractivity contribution in [1.82, 2.24) is 0 Å². The van der Waals surface area contributed by atoms with E-state index >= 15 is 0 Å². The third kappa shape index (κ3) is 3.54. The molecule has 122 valence electrons. The maximum Gasteiger partial charge on any atom is 0.419 e. The van der Waals surface area contributed by atoms with Gasteiger partial charge in [-0.05, 0) is 17.7 Å². The molecule has 0 heterocycles. The third-order valence-corrected chi connectivity index (χ3v) is 2.56. The highest BCUT2D eigenvalue weighted by atomic mass is 35.5. The van der Waals surface area contributed by atoms with Crippen molar-refractivity contribution in [2.75, 3.05) is 0 Å². The number of rotatable bonds is 1. The van der Waals surface area contributed by atoms with E-state index in [1.165, 1.54) is 0 Å². The van der Waals surface area contributed by atoms with Crippen LogP contribution in [0.1, 0.15) is 11.1 Å². The van der Waals surface area contributed by atoms with Crippen LogP contribution >= 0.6 is 12.4 Å². The Morgan fingerprint density at radius 1 is 0.619 bits per heavy atom. The van der Waals surface area contributed by atoms with E-state index in [4.69, 9.17) is 0 Å². The SMILES string of the molecule is Cl.NC(c1ccc(C(F)(F)F)cc1)(C(F)(F)F)C(F)(F)F. The molecular formula is C10H7ClF9N. The Morgan fingerprint density at radius 2 is 0.905 bits per heavy atom. The number of alkyl halides is 9. The van der Waals surface area contributed by atoms with Gasteiger partial charge in [0.15, 0.2) is 0 Å². The summed E-state index contributed by atoms with van der Waals surface area (Å²) in [5, 5.41) is 0. The van der Waals surface area contributed by atoms with E-state index in [1.54, 1.807) is 0 Å². The largest absolute Gasteiger partial charge is 0.419 e. The van der Waals surface area contributed by atoms with Crippen molar-refractivity contribution in [2.45, 2.75) is 24.1 Å². The van der Waals surface area contributed by atoms with Gasteiger partial charge in [-0.2, -0.15) is 39.5 Å². The third-order valence-electron chi connectivity index (χ3n) is 2.56. The molecule has 0 saturated heterocycles. The van der Waals surface area contributed by atoms with Crippen molar-refractivity contribution in [3.63, 3.8) is 0 Å². The Kier molecular flexibility index (Phi) is 5.25. The lowest BCUT2D eigenvalue weighted by Crippen LogP contribution is -2.60. The maximum absolute atomic E-state index is 12.6. The molecule has 0 saturated carbocycles. The van der Waals surface area contributed by atoms with E-state index in [0.29, 0.717) is 0 Å². The zero-order chi connectivity index (χ0) is 16.0. The highest BCUT2D eigenvalue weighted by Crippen LogP contribution is 2.48. The summed E-state index contributed by atoms with van der Waals surface area (Å²) in [4.78, 5) is 0. The van der Waals surface area contributed by atoms with Crippen LogP contribution in [0.25, 0.3) is 0 Å². The Bertz CT molecular complexity index is 457. The fourth-order valence-corrected chi connectivity index (χ4v) is 1.41. The molecule has 0 bridgehead atoms. The normalized spacial score (nSPS) is 13.8. The lowest BCUT2D eigenvalue weighted by molar-refractivity contribution is -0.301. The zero-order valence-corrected chi connectivity index (χ0v) is 10.5. The molecule has 1 aromatic carbocycles. The second-order valence-electron chi connectivity index (χ2n) is 3.88. The minimum absolute atomic E-state index is 0. The molecule has 0 atom stereocenters. The van der Waals surface area contributed by atoms with Crippen LogP contribution in [0.2, 0.25) is 0 Å². The molecule has 0 spiro atoms. The van der Waals surface area contributed by atoms with E-state index in [1.807, 2.05) is 0 Å². The summed E-state index contributed by atoms with van der Waals surface area (Å²) in [5.41, 5.74) is -3.23. The summed E-state index contributed by atoms with van der Waals surface area (Å²) in [5.74, 6) is 0. The first kappa shape index (κ1) is 19.8. The Labute approximate surface area is 118 Å². The summed E-state index contributed by atoms with van der Waals surface area (Å²) in [6.07, 6.45) is -16.7. The van der Waals surface area contributed by atoms with E-state index in [2.05, 4.69) is 5.73 Å². The highest BCUT2D eigenvalue weighted by molar-refractivity contribution is 5.85. The van der Waals surface area contributed by atoms with Crippen LogP contribution in [0.5, 0.6) is 0 Å². The smallest absolute Gasteiger partial charge is 0.306 e. The van der Waals surface area contributed by atoms with Gasteiger partial charge in [-0.3, -0.25) is 0 Å². The first-order valence-electron chi connectivity index (χ1n) is 4.81. The standard InChI is InChI=1S/C10H6F9N.ClH/c11-8(12,13)6-3-1-5(2-4-6)7(20,9(14,15)16)10(17,18)19;/h1-4H,20H2;1H. The quantitative estimate of drug-likeness (QED) is 0.748. The summed E-state index contributed by atoms with van der Waals surface area (Å²) in [6, 6.07) is 0.330. The van der Waals surface area contributed by atoms with Crippen molar-refractivity contribution in [2.24, 2.45) is 5.73 Å². The molecule has 0 fully saturated rings. The highest BCUT2D eigenvalue weighted by Gasteiger charge is 2.69. The van der Waals surface area contributed by atoms with Crippen LogP contribution in [0.4, 0.5) is 39.5 Å². The van der Waals surface area contributed by atoms with Crippen molar-refractivity contribution in [3.05, 3.63) is 35.4 Å². The predicted molar refractivity (Wildman–Crippen MR) is 56.7 cm³/mol. The van der Waals surface area contributed by atoms with Gasteiger partial charge in [-0.1, -0.05) is 12.1 Å². The van der Waals surface area contributed by atoms with E-state index in [9.17, 15) is 39.5 Å². The summed E-state index contributed by atoms with van der Waals surface area (Å²) in [7, 11) is 0. The van der Waals surface area contributed by atoms with Crippen molar-refractivity contribution in [1.29, 1.82) is 0 Å². The lowest BCUT2D eigenvalue weighted by atomic mass is 9.89. The fraction of sp³-hybridized carbons (Fsp3) is 0.400. The van der Waals surface area contributed by atoms with Crippen molar-refractivity contribution in [3.8, 4) is 0 Å². The second kappa shape index (κ2) is 5.56. The van der Waals surface area contributed by atoms with Gasteiger partial charge < -0.3 is 5.73 Å². The lowest BCUT2D eigenvalue weighted by Gasteiger charge is -2.34. The molecule has 1 nitrogen and oxygen atoms in total. The van der Waals surface area contributed by atoms with E-state index in [0.717, 1.165) is 0 Å². The minimum atomic E-state index is -5.91. The molecule has 11 heteroatoms. The number of hydrogen-bond donors (Lipinski definition) is 1. The van der Waals surface area contributed by atoms with Gasteiger partial charge in [0.05, 0.1) is 5.56 Å². The topological polar surface area (TPSA) is 26.0 Å². The summed E-state index contributed by atoms with van der Waals surface area (Å²) >= 11 is 0. The van der Waals surface area contributed by atoms with E-state index < -0.39 is 35.2 Å². The fourth-order valence-electron chi connectivity index (χ4n) is 1.41. The minimum Gasteiger partial charge on any atom is -0.306 e. The summed E-state index contributed by atoms with van der Waals surface area (Å²) in [6.45, 7) is 0. The van der Waals surface area contributed by atoms with Crippen LogP contribution in [0.3, 0.4) is 0 Å². The van der Waals surface area contributed by atoms with Gasteiger partial charge in [0, 0.05) is 0 Å². The van der Waals surface area contributed by atoms with Gasteiger partial charge in [0.1, 0.15) is 0 Å². The Balaban J connectivity index is 0.00000400. The first-order chi connectivity index (χ1) is 8.71. The Hall–Kier alpha value is -1.16. The van der Waals surface area contributed by atoms with Crippen molar-refractivity contribution < 1.29 is 39.5 Å². The van der Waals surface area contributed by atoms with Crippen molar-refractivity contribution >= 4 is 12.4 Å². The maximum atomic E-state index is 12.6. The predicted octanol–water partition coefficient (Wildman–Crippen LogP) is 4.41. The molecule has 0 aromatic heterocycles. The number of nitrogens with two attached hydrogens (primary N) is 1. The van der Waals surface area contributed by atoms with Crippen LogP contribution < -0.4 is 5.73 Å². The molecule has 0 aliphatic heterocycles. The molecule has 2 N–H and O–H groups in total. The molecule has 0 unspecified atom stereocenters. The molecule has 0 aliphatic carbocycles. The molecule has 0 radical (unpaired) electrons. The number of halogens is 10. The van der Waals surface area contributed by atoms with E-state index in [-0.39, 0.29) is 36.7 Å². The van der Waals surface area contributed by atoms with Gasteiger partial charge in [0.2, 0.25) is 5.54 Å². The molecule has 1 aromatic rings. The second-order valence-corrected chi connectivity index (χ2v) is 3.88. The molecule has 0 aliphatic rings. The van der Waals surface area contributed by atoms with Crippen LogP contribution in [0, 0.1) is 0 Å².